The van der Waals surface area contributed by atoms with Crippen molar-refractivity contribution in [2.45, 2.75) is 31.1 Å². The van der Waals surface area contributed by atoms with Crippen LogP contribution in [0.15, 0.2) is 121 Å². The first-order chi connectivity index (χ1) is 16.2. The van der Waals surface area contributed by atoms with E-state index in [1.807, 2.05) is 0 Å². The van der Waals surface area contributed by atoms with Crippen LogP contribution in [0.5, 0.6) is 0 Å². The summed E-state index contributed by atoms with van der Waals surface area (Å²) in [6, 6.07) is 35.8. The highest BCUT2D eigenvalue weighted by molar-refractivity contribution is 5.79. The zero-order valence-electron chi connectivity index (χ0n) is 19.0. The van der Waals surface area contributed by atoms with Gasteiger partial charge in [-0.1, -0.05) is 128 Å². The molecule has 33 heavy (non-hydrogen) atoms. The largest absolute Gasteiger partial charge is 0.0732 e. The molecule has 0 amide bonds. The van der Waals surface area contributed by atoms with Crippen molar-refractivity contribution < 1.29 is 0 Å². The third-order valence-corrected chi connectivity index (χ3v) is 7.60. The normalized spacial score (nSPS) is 14.5. The molecule has 0 unspecified atom stereocenters. The van der Waals surface area contributed by atoms with Gasteiger partial charge in [-0.3, -0.25) is 0 Å². The highest BCUT2D eigenvalue weighted by atomic mass is 14.4. The van der Waals surface area contributed by atoms with Crippen LogP contribution in [0, 0.1) is 0 Å². The second-order valence-electron chi connectivity index (χ2n) is 9.53. The molecule has 0 aromatic heterocycles. The summed E-state index contributed by atoms with van der Waals surface area (Å²) < 4.78 is 0. The third-order valence-electron chi connectivity index (χ3n) is 7.60. The maximum Gasteiger partial charge on any atom is 0.0215 e. The molecule has 0 saturated heterocycles. The first kappa shape index (κ1) is 20.0. The summed E-state index contributed by atoms with van der Waals surface area (Å²) >= 11 is 0. The van der Waals surface area contributed by atoms with Crippen molar-refractivity contribution in [3.05, 3.63) is 155 Å². The Morgan fingerprint density at radius 1 is 0.667 bits per heavy atom. The molecule has 0 heteroatoms. The molecule has 0 heterocycles. The van der Waals surface area contributed by atoms with Gasteiger partial charge in [-0.05, 0) is 57.3 Å². The second kappa shape index (κ2) is 8.05. The first-order valence-corrected chi connectivity index (χ1v) is 11.9. The van der Waals surface area contributed by atoms with E-state index >= 15 is 0 Å². The fourth-order valence-corrected chi connectivity index (χ4v) is 5.79. The van der Waals surface area contributed by atoms with Gasteiger partial charge in [-0.25, -0.2) is 0 Å². The van der Waals surface area contributed by atoms with Crippen molar-refractivity contribution in [3.63, 3.8) is 0 Å². The van der Waals surface area contributed by atoms with Crippen LogP contribution < -0.4 is 0 Å². The number of rotatable bonds is 5. The highest BCUT2D eigenvalue weighted by Crippen LogP contribution is 2.45. The second-order valence-corrected chi connectivity index (χ2v) is 9.53. The van der Waals surface area contributed by atoms with E-state index in [0.717, 1.165) is 12.8 Å². The van der Waals surface area contributed by atoms with E-state index in [1.165, 1.54) is 44.5 Å². The zero-order chi connectivity index (χ0) is 22.3. The van der Waals surface area contributed by atoms with E-state index in [4.69, 9.17) is 0 Å². The van der Waals surface area contributed by atoms with E-state index < -0.39 is 0 Å². The molecule has 0 saturated carbocycles. The summed E-state index contributed by atoms with van der Waals surface area (Å²) in [5.41, 5.74) is 11.4. The molecular weight excluding hydrogens is 396 g/mol. The van der Waals surface area contributed by atoms with E-state index in [1.54, 1.807) is 0 Å². The fourth-order valence-electron chi connectivity index (χ4n) is 5.79. The minimum atomic E-state index is -0.118. The summed E-state index contributed by atoms with van der Waals surface area (Å²) in [4.78, 5) is 0. The van der Waals surface area contributed by atoms with E-state index in [2.05, 4.69) is 128 Å². The molecule has 0 aliphatic heterocycles. The SMILES string of the molecule is CC(Cc1c(C2C=CC=C2)ccc2c1Cc1ccccc1-2)(c1ccccc1)c1ccccc1. The molecular formula is C33H28. The van der Waals surface area contributed by atoms with Crippen LogP contribution in [0.2, 0.25) is 0 Å². The van der Waals surface area contributed by atoms with Crippen molar-refractivity contribution in [2.24, 2.45) is 0 Å². The number of benzene rings is 4. The molecule has 4 aromatic rings. The van der Waals surface area contributed by atoms with Crippen molar-refractivity contribution in [1.29, 1.82) is 0 Å². The lowest BCUT2D eigenvalue weighted by atomic mass is 9.70. The summed E-state index contributed by atoms with van der Waals surface area (Å²) in [5, 5.41) is 0. The van der Waals surface area contributed by atoms with Gasteiger partial charge in [0.25, 0.3) is 0 Å². The topological polar surface area (TPSA) is 0 Å². The molecule has 0 bridgehead atoms. The van der Waals surface area contributed by atoms with Gasteiger partial charge in [0.2, 0.25) is 0 Å². The lowest BCUT2D eigenvalue weighted by Gasteiger charge is -2.33. The fraction of sp³-hybridized carbons (Fsp3) is 0.152. The average molecular weight is 425 g/mol. The molecule has 4 aromatic carbocycles. The Labute approximate surface area is 196 Å². The zero-order valence-corrected chi connectivity index (χ0v) is 19.0. The summed E-state index contributed by atoms with van der Waals surface area (Å²) in [5.74, 6) is 0.352. The molecule has 0 nitrogen and oxygen atoms in total. The van der Waals surface area contributed by atoms with E-state index in [9.17, 15) is 0 Å². The molecule has 0 N–H and O–H groups in total. The maximum absolute atomic E-state index is 2.42. The Kier molecular flexibility index (Phi) is 4.88. The Bertz CT molecular complexity index is 1300. The van der Waals surface area contributed by atoms with Gasteiger partial charge in [-0.15, -0.1) is 0 Å². The Hall–Kier alpha value is -3.64. The minimum Gasteiger partial charge on any atom is -0.0732 e. The number of allylic oxidation sites excluding steroid dienone is 4. The van der Waals surface area contributed by atoms with Gasteiger partial charge in [-0.2, -0.15) is 0 Å². The monoisotopic (exact) mass is 424 g/mol. The van der Waals surface area contributed by atoms with Gasteiger partial charge >= 0.3 is 0 Å². The molecule has 0 spiro atoms. The van der Waals surface area contributed by atoms with E-state index in [0.29, 0.717) is 5.92 Å². The van der Waals surface area contributed by atoms with Crippen LogP contribution in [0.1, 0.15) is 46.2 Å². The van der Waals surface area contributed by atoms with Crippen molar-refractivity contribution >= 4 is 0 Å². The maximum atomic E-state index is 2.42. The van der Waals surface area contributed by atoms with E-state index in [-0.39, 0.29) is 5.41 Å². The van der Waals surface area contributed by atoms with Gasteiger partial charge < -0.3 is 0 Å². The van der Waals surface area contributed by atoms with Crippen molar-refractivity contribution in [3.8, 4) is 11.1 Å². The predicted molar refractivity (Wildman–Crippen MR) is 139 cm³/mol. The molecule has 0 atom stereocenters. The van der Waals surface area contributed by atoms with Gasteiger partial charge in [0.05, 0.1) is 0 Å². The average Bonchev–Trinajstić information content (AvgIpc) is 3.54. The Morgan fingerprint density at radius 2 is 1.27 bits per heavy atom. The smallest absolute Gasteiger partial charge is 0.0215 e. The quantitative estimate of drug-likeness (QED) is 0.268. The number of fused-ring (bicyclic) bond motifs is 3. The Balaban J connectivity index is 1.56. The molecule has 0 fully saturated rings. The number of hydrogen-bond donors (Lipinski definition) is 0. The van der Waals surface area contributed by atoms with Crippen LogP contribution in [-0.2, 0) is 18.3 Å². The summed E-state index contributed by atoms with van der Waals surface area (Å²) in [7, 11) is 0. The number of hydrogen-bond acceptors (Lipinski definition) is 0. The van der Waals surface area contributed by atoms with Crippen molar-refractivity contribution in [1.82, 2.24) is 0 Å². The lowest BCUT2D eigenvalue weighted by molar-refractivity contribution is 0.562. The van der Waals surface area contributed by atoms with Gasteiger partial charge in [0.1, 0.15) is 0 Å². The van der Waals surface area contributed by atoms with Crippen LogP contribution >= 0.6 is 0 Å². The highest BCUT2D eigenvalue weighted by Gasteiger charge is 2.33. The molecule has 0 radical (unpaired) electrons. The third kappa shape index (κ3) is 3.38. The van der Waals surface area contributed by atoms with Crippen LogP contribution in [0.3, 0.4) is 0 Å². The molecule has 2 aliphatic carbocycles. The summed E-state index contributed by atoms with van der Waals surface area (Å²) in [6.45, 7) is 2.42. The first-order valence-electron chi connectivity index (χ1n) is 11.9. The molecule has 160 valence electrons. The predicted octanol–water partition coefficient (Wildman–Crippen LogP) is 8.02. The van der Waals surface area contributed by atoms with Crippen LogP contribution in [0.25, 0.3) is 11.1 Å². The molecule has 2 aliphatic rings. The van der Waals surface area contributed by atoms with Gasteiger partial charge in [0.15, 0.2) is 0 Å². The standard InChI is InChI=1S/C33H28/c1-33(26-15-4-2-5-16-26,27-17-6-3-7-18-27)23-32-29(24-12-8-9-13-24)20-21-30-28-19-11-10-14-25(28)22-31(30)32/h2-21,24H,22-23H2,1H3. The van der Waals surface area contributed by atoms with Crippen molar-refractivity contribution in [2.75, 3.05) is 0 Å². The summed E-state index contributed by atoms with van der Waals surface area (Å²) in [6.07, 6.45) is 11.0. The minimum absolute atomic E-state index is 0.118. The van der Waals surface area contributed by atoms with Gasteiger partial charge in [0, 0.05) is 11.3 Å². The molecule has 6 rings (SSSR count). The van der Waals surface area contributed by atoms with Crippen LogP contribution in [0.4, 0.5) is 0 Å². The van der Waals surface area contributed by atoms with Crippen LogP contribution in [-0.4, -0.2) is 0 Å². The lowest BCUT2D eigenvalue weighted by Crippen LogP contribution is -2.28. The Morgan fingerprint density at radius 3 is 1.94 bits per heavy atom.